The summed E-state index contributed by atoms with van der Waals surface area (Å²) in [6.45, 7) is 0.651. The number of carbonyl (C=O) groups is 1. The standard InChI is InChI=1S/C12H11ClN2O2/c1-17-8-3-2-6(13)11-10(8)9-7(15-11)4-5-14-12(9)16/h2-3,15H,4-5H2,1H3,(H,14,16). The molecular formula is C12H11ClN2O2. The molecule has 0 unspecified atom stereocenters. The molecule has 0 saturated heterocycles. The van der Waals surface area contributed by atoms with Gasteiger partial charge in [-0.05, 0) is 12.1 Å². The van der Waals surface area contributed by atoms with Gasteiger partial charge in [-0.1, -0.05) is 11.6 Å². The number of rotatable bonds is 1. The van der Waals surface area contributed by atoms with E-state index in [4.69, 9.17) is 16.3 Å². The molecule has 0 aliphatic carbocycles. The molecule has 88 valence electrons. The molecule has 3 rings (SSSR count). The highest BCUT2D eigenvalue weighted by Crippen LogP contribution is 2.36. The van der Waals surface area contributed by atoms with E-state index in [0.29, 0.717) is 22.9 Å². The molecular weight excluding hydrogens is 240 g/mol. The monoisotopic (exact) mass is 250 g/mol. The largest absolute Gasteiger partial charge is 0.496 e. The van der Waals surface area contributed by atoms with Gasteiger partial charge in [0.1, 0.15) is 5.75 Å². The molecule has 5 heteroatoms. The van der Waals surface area contributed by atoms with Crippen LogP contribution in [0.25, 0.3) is 10.9 Å². The van der Waals surface area contributed by atoms with Crippen molar-refractivity contribution in [1.29, 1.82) is 0 Å². The molecule has 4 nitrogen and oxygen atoms in total. The van der Waals surface area contributed by atoms with E-state index in [2.05, 4.69) is 10.3 Å². The molecule has 0 spiro atoms. The first-order chi connectivity index (χ1) is 8.22. The molecule has 1 aromatic carbocycles. The lowest BCUT2D eigenvalue weighted by molar-refractivity contribution is 0.0947. The number of ether oxygens (including phenoxy) is 1. The van der Waals surface area contributed by atoms with Crippen molar-refractivity contribution in [3.05, 3.63) is 28.4 Å². The predicted molar refractivity (Wildman–Crippen MR) is 65.9 cm³/mol. The van der Waals surface area contributed by atoms with Gasteiger partial charge in [-0.3, -0.25) is 4.79 Å². The van der Waals surface area contributed by atoms with Crippen LogP contribution in [0.15, 0.2) is 12.1 Å². The summed E-state index contributed by atoms with van der Waals surface area (Å²) in [5.41, 5.74) is 2.36. The Kier molecular flexibility index (Phi) is 2.26. The lowest BCUT2D eigenvalue weighted by atomic mass is 10.0. The first kappa shape index (κ1) is 10.5. The maximum Gasteiger partial charge on any atom is 0.253 e. The normalized spacial score (nSPS) is 14.6. The zero-order valence-electron chi connectivity index (χ0n) is 9.26. The number of hydrogen-bond acceptors (Lipinski definition) is 2. The molecule has 2 N–H and O–H groups in total. The average Bonchev–Trinajstić information content (AvgIpc) is 2.71. The predicted octanol–water partition coefficient (Wildman–Crippen LogP) is 2.12. The Labute approximate surface area is 103 Å². The third-order valence-corrected chi connectivity index (χ3v) is 3.37. The number of fused-ring (bicyclic) bond motifs is 3. The summed E-state index contributed by atoms with van der Waals surface area (Å²) in [6.07, 6.45) is 0.787. The van der Waals surface area contributed by atoms with Gasteiger partial charge in [-0.15, -0.1) is 0 Å². The van der Waals surface area contributed by atoms with Crippen LogP contribution in [0.5, 0.6) is 5.75 Å². The molecule has 0 atom stereocenters. The Hall–Kier alpha value is -1.68. The zero-order chi connectivity index (χ0) is 12.0. The van der Waals surface area contributed by atoms with E-state index in [0.717, 1.165) is 23.0 Å². The minimum Gasteiger partial charge on any atom is -0.496 e. The van der Waals surface area contributed by atoms with Crippen molar-refractivity contribution in [2.24, 2.45) is 0 Å². The Balaban J connectivity index is 2.43. The summed E-state index contributed by atoms with van der Waals surface area (Å²) in [4.78, 5) is 15.1. The molecule has 0 saturated carbocycles. The summed E-state index contributed by atoms with van der Waals surface area (Å²) in [7, 11) is 1.59. The van der Waals surface area contributed by atoms with Crippen molar-refractivity contribution < 1.29 is 9.53 Å². The lowest BCUT2D eigenvalue weighted by Gasteiger charge is -2.12. The molecule has 17 heavy (non-hydrogen) atoms. The lowest BCUT2D eigenvalue weighted by Crippen LogP contribution is -2.31. The fourth-order valence-corrected chi connectivity index (χ4v) is 2.50. The van der Waals surface area contributed by atoms with Gasteiger partial charge in [0.25, 0.3) is 5.91 Å². The Morgan fingerprint density at radius 3 is 3.00 bits per heavy atom. The van der Waals surface area contributed by atoms with Crippen LogP contribution >= 0.6 is 11.6 Å². The van der Waals surface area contributed by atoms with E-state index >= 15 is 0 Å². The molecule has 1 aliphatic rings. The maximum absolute atomic E-state index is 11.9. The number of benzene rings is 1. The van der Waals surface area contributed by atoms with Gasteiger partial charge in [0, 0.05) is 18.7 Å². The highest BCUT2D eigenvalue weighted by atomic mass is 35.5. The highest BCUT2D eigenvalue weighted by molar-refractivity contribution is 6.36. The van der Waals surface area contributed by atoms with Crippen molar-refractivity contribution in [3.8, 4) is 5.75 Å². The Morgan fingerprint density at radius 2 is 2.24 bits per heavy atom. The van der Waals surface area contributed by atoms with Crippen LogP contribution in [0, 0.1) is 0 Å². The van der Waals surface area contributed by atoms with Gasteiger partial charge < -0.3 is 15.0 Å². The van der Waals surface area contributed by atoms with Crippen molar-refractivity contribution >= 4 is 28.4 Å². The van der Waals surface area contributed by atoms with E-state index in [1.165, 1.54) is 0 Å². The summed E-state index contributed by atoms with van der Waals surface area (Å²) >= 11 is 6.13. The quantitative estimate of drug-likeness (QED) is 0.815. The number of carbonyl (C=O) groups excluding carboxylic acids is 1. The van der Waals surface area contributed by atoms with Crippen molar-refractivity contribution in [3.63, 3.8) is 0 Å². The van der Waals surface area contributed by atoms with E-state index in [-0.39, 0.29) is 5.91 Å². The number of aromatic nitrogens is 1. The second-order valence-electron chi connectivity index (χ2n) is 3.98. The van der Waals surface area contributed by atoms with Gasteiger partial charge in [0.05, 0.1) is 28.6 Å². The number of amides is 1. The van der Waals surface area contributed by atoms with E-state index in [9.17, 15) is 4.79 Å². The SMILES string of the molecule is COc1ccc(Cl)c2[nH]c3c(c12)C(=O)NCC3. The Morgan fingerprint density at radius 1 is 1.41 bits per heavy atom. The van der Waals surface area contributed by atoms with Crippen LogP contribution in [-0.2, 0) is 6.42 Å². The number of methoxy groups -OCH3 is 1. The van der Waals surface area contributed by atoms with E-state index in [1.807, 2.05) is 0 Å². The smallest absolute Gasteiger partial charge is 0.253 e. The molecule has 1 aliphatic heterocycles. The van der Waals surface area contributed by atoms with Gasteiger partial charge in [0.15, 0.2) is 0 Å². The van der Waals surface area contributed by atoms with Gasteiger partial charge in [-0.25, -0.2) is 0 Å². The van der Waals surface area contributed by atoms with E-state index < -0.39 is 0 Å². The summed E-state index contributed by atoms with van der Waals surface area (Å²) in [5.74, 6) is 0.594. The van der Waals surface area contributed by atoms with Gasteiger partial charge in [0.2, 0.25) is 0 Å². The minimum atomic E-state index is -0.0712. The molecule has 0 radical (unpaired) electrons. The molecule has 0 bridgehead atoms. The topological polar surface area (TPSA) is 54.1 Å². The zero-order valence-corrected chi connectivity index (χ0v) is 10.0. The first-order valence-corrected chi connectivity index (χ1v) is 5.75. The average molecular weight is 251 g/mol. The van der Waals surface area contributed by atoms with Crippen LogP contribution in [0.2, 0.25) is 5.02 Å². The van der Waals surface area contributed by atoms with Crippen LogP contribution in [-0.4, -0.2) is 24.5 Å². The third kappa shape index (κ3) is 1.41. The molecule has 2 heterocycles. The van der Waals surface area contributed by atoms with Crippen LogP contribution in [0.4, 0.5) is 0 Å². The summed E-state index contributed by atoms with van der Waals surface area (Å²) in [6, 6.07) is 3.54. The fourth-order valence-electron chi connectivity index (χ4n) is 2.29. The molecule has 0 fully saturated rings. The summed E-state index contributed by atoms with van der Waals surface area (Å²) in [5, 5.41) is 4.20. The summed E-state index contributed by atoms with van der Waals surface area (Å²) < 4.78 is 5.30. The van der Waals surface area contributed by atoms with Crippen molar-refractivity contribution in [2.45, 2.75) is 6.42 Å². The Bertz CT molecular complexity index is 618. The fraction of sp³-hybridized carbons (Fsp3) is 0.250. The van der Waals surface area contributed by atoms with Crippen molar-refractivity contribution in [1.82, 2.24) is 10.3 Å². The van der Waals surface area contributed by atoms with Crippen molar-refractivity contribution in [2.75, 3.05) is 13.7 Å². The van der Waals surface area contributed by atoms with Gasteiger partial charge in [-0.2, -0.15) is 0 Å². The second kappa shape index (κ2) is 3.67. The number of H-pyrrole nitrogens is 1. The number of aromatic amines is 1. The minimum absolute atomic E-state index is 0.0712. The molecule has 2 aromatic rings. The molecule has 1 aromatic heterocycles. The number of nitrogens with one attached hydrogen (secondary N) is 2. The third-order valence-electron chi connectivity index (χ3n) is 3.05. The number of hydrogen-bond donors (Lipinski definition) is 2. The van der Waals surface area contributed by atoms with E-state index in [1.54, 1.807) is 19.2 Å². The first-order valence-electron chi connectivity index (χ1n) is 5.37. The van der Waals surface area contributed by atoms with Crippen LogP contribution in [0.3, 0.4) is 0 Å². The maximum atomic E-state index is 11.9. The number of halogens is 1. The van der Waals surface area contributed by atoms with Crippen LogP contribution in [0.1, 0.15) is 16.1 Å². The highest BCUT2D eigenvalue weighted by Gasteiger charge is 2.25. The van der Waals surface area contributed by atoms with Gasteiger partial charge >= 0.3 is 0 Å². The second-order valence-corrected chi connectivity index (χ2v) is 4.39. The molecule has 1 amide bonds. The van der Waals surface area contributed by atoms with Crippen LogP contribution < -0.4 is 10.1 Å².